The Bertz CT molecular complexity index is 816. The van der Waals surface area contributed by atoms with E-state index in [-0.39, 0.29) is 23.1 Å². The summed E-state index contributed by atoms with van der Waals surface area (Å²) < 4.78 is 55.0. The molecule has 1 heterocycles. The van der Waals surface area contributed by atoms with Gasteiger partial charge in [0.15, 0.2) is 16.4 Å². The molecule has 1 aromatic carbocycles. The summed E-state index contributed by atoms with van der Waals surface area (Å²) in [6.07, 6.45) is 3.84. The number of nitrogens with zero attached hydrogens (tertiary/aromatic N) is 1. The lowest BCUT2D eigenvalue weighted by Crippen LogP contribution is -2.48. The topological polar surface area (TPSA) is 80.8 Å². The zero-order chi connectivity index (χ0) is 19.6. The molecule has 1 aliphatic carbocycles. The van der Waals surface area contributed by atoms with E-state index in [4.69, 9.17) is 4.74 Å². The Balaban J connectivity index is 1.68. The van der Waals surface area contributed by atoms with Gasteiger partial charge in [0.25, 0.3) is 5.91 Å². The van der Waals surface area contributed by atoms with Crippen molar-refractivity contribution in [3.8, 4) is 0 Å². The van der Waals surface area contributed by atoms with Crippen molar-refractivity contribution >= 4 is 21.7 Å². The van der Waals surface area contributed by atoms with Gasteiger partial charge in [0.05, 0.1) is 17.1 Å². The number of amides is 1. The van der Waals surface area contributed by atoms with Gasteiger partial charge in [-0.25, -0.2) is 22.0 Å². The molecule has 3 rings (SSSR count). The number of hydrogen-bond donors (Lipinski definition) is 0. The highest BCUT2D eigenvalue weighted by atomic mass is 32.2. The number of ether oxygens (including phenoxy) is 1. The van der Waals surface area contributed by atoms with Gasteiger partial charge >= 0.3 is 5.97 Å². The quantitative estimate of drug-likeness (QED) is 0.706. The summed E-state index contributed by atoms with van der Waals surface area (Å²) in [5.41, 5.74) is -0.323. The second-order valence-corrected chi connectivity index (χ2v) is 9.26. The van der Waals surface area contributed by atoms with E-state index in [9.17, 15) is 26.8 Å². The molecule has 0 unspecified atom stereocenters. The fourth-order valence-corrected chi connectivity index (χ4v) is 5.55. The Morgan fingerprint density at radius 3 is 2.22 bits per heavy atom. The number of halogens is 2. The second kappa shape index (κ2) is 7.92. The molecule has 0 spiro atoms. The minimum absolute atomic E-state index is 0.0382. The molecule has 1 atom stereocenters. The molecule has 1 saturated heterocycles. The zero-order valence-corrected chi connectivity index (χ0v) is 15.5. The molecule has 0 N–H and O–H groups in total. The van der Waals surface area contributed by atoms with Crippen molar-refractivity contribution in [1.82, 2.24) is 4.90 Å². The number of benzene rings is 1. The highest BCUT2D eigenvalue weighted by molar-refractivity contribution is 7.91. The van der Waals surface area contributed by atoms with Gasteiger partial charge < -0.3 is 9.64 Å². The van der Waals surface area contributed by atoms with E-state index in [2.05, 4.69) is 0 Å². The lowest BCUT2D eigenvalue weighted by atomic mass is 10.1. The van der Waals surface area contributed by atoms with Crippen molar-refractivity contribution in [2.45, 2.75) is 44.2 Å². The van der Waals surface area contributed by atoms with Crippen molar-refractivity contribution in [2.75, 3.05) is 18.1 Å². The van der Waals surface area contributed by atoms with Crippen molar-refractivity contribution < 1.29 is 31.5 Å². The van der Waals surface area contributed by atoms with Gasteiger partial charge in [0.1, 0.15) is 11.6 Å². The second-order valence-electron chi connectivity index (χ2n) is 7.03. The molecule has 1 aliphatic heterocycles. The fraction of sp³-hybridized carbons (Fsp3) is 0.556. The average molecular weight is 401 g/mol. The third kappa shape index (κ3) is 4.82. The van der Waals surface area contributed by atoms with Crippen LogP contribution >= 0.6 is 0 Å². The standard InChI is InChI=1S/C18H21F2NO5S/c19-13-7-12(8-14(20)9-13)18(23)26-10-17(22)21(15-3-1-2-4-15)16-5-6-27(24,25)11-16/h7-9,15-16H,1-6,10-11H2/t16-/m1/s1. The largest absolute Gasteiger partial charge is 0.452 e. The lowest BCUT2D eigenvalue weighted by Gasteiger charge is -2.33. The average Bonchev–Trinajstić information content (AvgIpc) is 3.22. The van der Waals surface area contributed by atoms with Crippen LogP contribution in [0.25, 0.3) is 0 Å². The maximum Gasteiger partial charge on any atom is 0.338 e. The molecular formula is C18H21F2NO5S. The van der Waals surface area contributed by atoms with Crippen LogP contribution in [-0.4, -0.2) is 55.4 Å². The molecule has 2 aliphatic rings. The Morgan fingerprint density at radius 2 is 1.67 bits per heavy atom. The van der Waals surface area contributed by atoms with Crippen molar-refractivity contribution in [2.24, 2.45) is 0 Å². The molecule has 1 aromatic rings. The summed E-state index contributed by atoms with van der Waals surface area (Å²) in [7, 11) is -3.17. The van der Waals surface area contributed by atoms with Gasteiger partial charge in [0.2, 0.25) is 0 Å². The van der Waals surface area contributed by atoms with Gasteiger partial charge in [-0.15, -0.1) is 0 Å². The van der Waals surface area contributed by atoms with Gasteiger partial charge in [-0.05, 0) is 31.4 Å². The normalized spacial score (nSPS) is 21.9. The van der Waals surface area contributed by atoms with Gasteiger partial charge in [-0.3, -0.25) is 4.79 Å². The number of sulfone groups is 1. The molecule has 148 valence electrons. The maximum atomic E-state index is 13.2. The fourth-order valence-electron chi connectivity index (χ4n) is 3.84. The molecule has 1 saturated carbocycles. The van der Waals surface area contributed by atoms with Crippen molar-refractivity contribution in [3.05, 3.63) is 35.4 Å². The summed E-state index contributed by atoms with van der Waals surface area (Å²) >= 11 is 0. The third-order valence-electron chi connectivity index (χ3n) is 5.03. The van der Waals surface area contributed by atoms with Crippen LogP contribution in [0.3, 0.4) is 0 Å². The highest BCUT2D eigenvalue weighted by Crippen LogP contribution is 2.29. The Morgan fingerprint density at radius 1 is 1.04 bits per heavy atom. The van der Waals surface area contributed by atoms with Crippen molar-refractivity contribution in [1.29, 1.82) is 0 Å². The highest BCUT2D eigenvalue weighted by Gasteiger charge is 2.39. The Hall–Kier alpha value is -2.03. The Labute approximate surface area is 156 Å². The number of hydrogen-bond acceptors (Lipinski definition) is 5. The summed E-state index contributed by atoms with van der Waals surface area (Å²) in [6.45, 7) is -0.593. The molecule has 6 nitrogen and oxygen atoms in total. The monoisotopic (exact) mass is 401 g/mol. The van der Waals surface area contributed by atoms with Crippen LogP contribution < -0.4 is 0 Å². The third-order valence-corrected chi connectivity index (χ3v) is 6.78. The van der Waals surface area contributed by atoms with Gasteiger partial charge in [-0.1, -0.05) is 12.8 Å². The first kappa shape index (κ1) is 19.7. The van der Waals surface area contributed by atoms with E-state index in [0.29, 0.717) is 12.5 Å². The van der Waals surface area contributed by atoms with Crippen LogP contribution in [0.4, 0.5) is 8.78 Å². The maximum absolute atomic E-state index is 13.2. The molecular weight excluding hydrogens is 380 g/mol. The first-order valence-electron chi connectivity index (χ1n) is 8.90. The summed E-state index contributed by atoms with van der Waals surface area (Å²) in [6, 6.07) is 1.80. The Kier molecular flexibility index (Phi) is 5.78. The van der Waals surface area contributed by atoms with Crippen LogP contribution in [0.5, 0.6) is 0 Å². The number of rotatable bonds is 5. The first-order chi connectivity index (χ1) is 12.7. The van der Waals surface area contributed by atoms with E-state index in [1.54, 1.807) is 4.90 Å². The van der Waals surface area contributed by atoms with Gasteiger partial charge in [0, 0.05) is 18.2 Å². The molecule has 0 bridgehead atoms. The predicted molar refractivity (Wildman–Crippen MR) is 92.8 cm³/mol. The first-order valence-corrected chi connectivity index (χ1v) is 10.7. The molecule has 1 amide bonds. The van der Waals surface area contributed by atoms with E-state index >= 15 is 0 Å². The summed E-state index contributed by atoms with van der Waals surface area (Å²) in [4.78, 5) is 26.3. The molecule has 0 radical (unpaired) electrons. The van der Waals surface area contributed by atoms with Crippen LogP contribution in [0, 0.1) is 11.6 Å². The van der Waals surface area contributed by atoms with Crippen LogP contribution in [0.2, 0.25) is 0 Å². The molecule has 27 heavy (non-hydrogen) atoms. The lowest BCUT2D eigenvalue weighted by molar-refractivity contribution is -0.139. The zero-order valence-electron chi connectivity index (χ0n) is 14.7. The van der Waals surface area contributed by atoms with E-state index in [1.807, 2.05) is 0 Å². The van der Waals surface area contributed by atoms with Crippen LogP contribution in [0.1, 0.15) is 42.5 Å². The van der Waals surface area contributed by atoms with E-state index < -0.39 is 46.0 Å². The van der Waals surface area contributed by atoms with Gasteiger partial charge in [-0.2, -0.15) is 0 Å². The van der Waals surface area contributed by atoms with E-state index in [1.165, 1.54) is 0 Å². The van der Waals surface area contributed by atoms with Crippen molar-refractivity contribution in [3.63, 3.8) is 0 Å². The molecule has 9 heteroatoms. The smallest absolute Gasteiger partial charge is 0.338 e. The summed E-state index contributed by atoms with van der Waals surface area (Å²) in [5.74, 6) is -3.37. The molecule has 0 aromatic heterocycles. The SMILES string of the molecule is O=C(OCC(=O)N(C1CCCC1)[C@@H]1CCS(=O)(=O)C1)c1cc(F)cc(F)c1. The number of carbonyl (C=O) groups excluding carboxylic acids is 2. The molecule has 2 fully saturated rings. The summed E-state index contributed by atoms with van der Waals surface area (Å²) in [5, 5.41) is 0. The van der Waals surface area contributed by atoms with Crippen LogP contribution in [0.15, 0.2) is 18.2 Å². The predicted octanol–water partition coefficient (Wildman–Crippen LogP) is 2.08. The number of esters is 1. The van der Waals surface area contributed by atoms with E-state index in [0.717, 1.165) is 37.8 Å². The minimum Gasteiger partial charge on any atom is -0.452 e. The van der Waals surface area contributed by atoms with Crippen LogP contribution in [-0.2, 0) is 19.4 Å². The number of carbonyl (C=O) groups is 2. The minimum atomic E-state index is -3.17.